The van der Waals surface area contributed by atoms with Gasteiger partial charge in [0.05, 0.1) is 6.54 Å². The van der Waals surface area contributed by atoms with Crippen LogP contribution in [0.2, 0.25) is 0 Å². The van der Waals surface area contributed by atoms with Crippen LogP contribution >= 0.6 is 0 Å². The van der Waals surface area contributed by atoms with Crippen molar-refractivity contribution in [2.75, 3.05) is 19.6 Å². The Morgan fingerprint density at radius 3 is 2.62 bits per heavy atom. The lowest BCUT2D eigenvalue weighted by Gasteiger charge is -2.30. The molecule has 1 heterocycles. The van der Waals surface area contributed by atoms with Crippen molar-refractivity contribution in [3.8, 4) is 11.8 Å². The van der Waals surface area contributed by atoms with Gasteiger partial charge in [0.2, 0.25) is 5.91 Å². The molecule has 1 fully saturated rings. The van der Waals surface area contributed by atoms with Gasteiger partial charge in [0.15, 0.2) is 0 Å². The molecule has 110 valence electrons. The Labute approximate surface area is 124 Å². The Balaban J connectivity index is 2.05. The average Bonchev–Trinajstić information content (AvgIpc) is 2.52. The molecule has 1 saturated heterocycles. The molecule has 0 radical (unpaired) electrons. The summed E-state index contributed by atoms with van der Waals surface area (Å²) in [4.78, 5) is 25.3. The molecule has 4 N–H and O–H groups in total. The van der Waals surface area contributed by atoms with E-state index in [2.05, 4.69) is 11.8 Å². The van der Waals surface area contributed by atoms with Crippen molar-refractivity contribution in [1.29, 1.82) is 0 Å². The molecule has 0 atom stereocenters. The number of likely N-dealkylation sites (tertiary alicyclic amines) is 1. The molecular weight excluding hydrogens is 266 g/mol. The van der Waals surface area contributed by atoms with E-state index >= 15 is 0 Å². The maximum Gasteiger partial charge on any atom is 0.253 e. The summed E-state index contributed by atoms with van der Waals surface area (Å²) in [5.41, 5.74) is 12.0. The van der Waals surface area contributed by atoms with Gasteiger partial charge in [-0.05, 0) is 31.0 Å². The smallest absolute Gasteiger partial charge is 0.253 e. The summed E-state index contributed by atoms with van der Waals surface area (Å²) in [5, 5.41) is 0. The number of nitrogens with two attached hydrogens (primary N) is 2. The van der Waals surface area contributed by atoms with Crippen LogP contribution in [-0.2, 0) is 4.79 Å². The second kappa shape index (κ2) is 6.91. The number of amides is 2. The monoisotopic (exact) mass is 285 g/mol. The predicted octanol–water partition coefficient (Wildman–Crippen LogP) is 0.334. The molecule has 0 spiro atoms. The van der Waals surface area contributed by atoms with Crippen LogP contribution in [0.25, 0.3) is 0 Å². The third kappa shape index (κ3) is 3.83. The summed E-state index contributed by atoms with van der Waals surface area (Å²) in [6.45, 7) is 1.41. The van der Waals surface area contributed by atoms with Gasteiger partial charge in [-0.15, -0.1) is 0 Å². The van der Waals surface area contributed by atoms with E-state index in [9.17, 15) is 9.59 Å². The molecular formula is C16H19N3O2. The molecule has 0 saturated carbocycles. The molecule has 5 heteroatoms. The second-order valence-electron chi connectivity index (χ2n) is 5.06. The van der Waals surface area contributed by atoms with E-state index in [4.69, 9.17) is 11.5 Å². The van der Waals surface area contributed by atoms with Crippen molar-refractivity contribution >= 4 is 11.8 Å². The molecule has 1 aliphatic heterocycles. The Morgan fingerprint density at radius 1 is 1.29 bits per heavy atom. The highest BCUT2D eigenvalue weighted by Gasteiger charge is 2.26. The molecule has 2 amide bonds. The summed E-state index contributed by atoms with van der Waals surface area (Å²) in [5.74, 6) is 5.26. The lowest BCUT2D eigenvalue weighted by Crippen LogP contribution is -2.41. The number of nitrogens with zero attached hydrogens (tertiary/aromatic N) is 1. The summed E-state index contributed by atoms with van der Waals surface area (Å²) >= 11 is 0. The van der Waals surface area contributed by atoms with Crippen LogP contribution in [0.1, 0.15) is 28.8 Å². The average molecular weight is 285 g/mol. The molecule has 0 aliphatic carbocycles. The van der Waals surface area contributed by atoms with Crippen LogP contribution in [-0.4, -0.2) is 36.3 Å². The lowest BCUT2D eigenvalue weighted by atomic mass is 9.95. The van der Waals surface area contributed by atoms with Gasteiger partial charge in [0.1, 0.15) is 0 Å². The predicted molar refractivity (Wildman–Crippen MR) is 80.2 cm³/mol. The first-order valence-corrected chi connectivity index (χ1v) is 6.99. The summed E-state index contributed by atoms with van der Waals surface area (Å²) in [7, 11) is 0. The maximum absolute atomic E-state index is 12.4. The quantitative estimate of drug-likeness (QED) is 0.768. The van der Waals surface area contributed by atoms with Gasteiger partial charge in [-0.2, -0.15) is 0 Å². The van der Waals surface area contributed by atoms with E-state index in [1.165, 1.54) is 0 Å². The Bertz CT molecular complexity index is 593. The summed E-state index contributed by atoms with van der Waals surface area (Å²) < 4.78 is 0. The van der Waals surface area contributed by atoms with Gasteiger partial charge >= 0.3 is 0 Å². The maximum atomic E-state index is 12.4. The summed E-state index contributed by atoms with van der Waals surface area (Å²) in [6, 6.07) is 7.20. The van der Waals surface area contributed by atoms with Gasteiger partial charge < -0.3 is 16.4 Å². The van der Waals surface area contributed by atoms with Gasteiger partial charge in [-0.1, -0.05) is 17.9 Å². The number of benzene rings is 1. The highest BCUT2D eigenvalue weighted by Crippen LogP contribution is 2.19. The molecule has 2 rings (SSSR count). The van der Waals surface area contributed by atoms with E-state index in [0.29, 0.717) is 38.0 Å². The number of carbonyl (C=O) groups excluding carboxylic acids is 2. The molecule has 21 heavy (non-hydrogen) atoms. The lowest BCUT2D eigenvalue weighted by molar-refractivity contribution is -0.123. The van der Waals surface area contributed by atoms with E-state index in [-0.39, 0.29) is 17.7 Å². The number of hydrogen-bond acceptors (Lipinski definition) is 3. The Morgan fingerprint density at radius 2 is 2.00 bits per heavy atom. The first-order chi connectivity index (χ1) is 10.1. The van der Waals surface area contributed by atoms with E-state index in [1.54, 1.807) is 17.0 Å². The minimum atomic E-state index is -0.277. The highest BCUT2D eigenvalue weighted by atomic mass is 16.2. The number of carbonyl (C=O) groups is 2. The van der Waals surface area contributed by atoms with E-state index in [0.717, 1.165) is 5.56 Å². The fourth-order valence-corrected chi connectivity index (χ4v) is 2.43. The number of rotatable bonds is 2. The van der Waals surface area contributed by atoms with Crippen LogP contribution in [0.15, 0.2) is 24.3 Å². The molecule has 0 bridgehead atoms. The van der Waals surface area contributed by atoms with Crippen molar-refractivity contribution in [3.05, 3.63) is 35.4 Å². The molecule has 0 aromatic heterocycles. The third-order valence-corrected chi connectivity index (χ3v) is 3.63. The van der Waals surface area contributed by atoms with Crippen LogP contribution in [0.4, 0.5) is 0 Å². The third-order valence-electron chi connectivity index (χ3n) is 3.63. The first-order valence-electron chi connectivity index (χ1n) is 6.99. The van der Waals surface area contributed by atoms with Crippen LogP contribution in [0.5, 0.6) is 0 Å². The van der Waals surface area contributed by atoms with Gasteiger partial charge in [-0.25, -0.2) is 0 Å². The molecule has 1 aromatic carbocycles. The van der Waals surface area contributed by atoms with Crippen molar-refractivity contribution < 1.29 is 9.59 Å². The van der Waals surface area contributed by atoms with Gasteiger partial charge in [0.25, 0.3) is 5.91 Å². The largest absolute Gasteiger partial charge is 0.369 e. The molecule has 5 nitrogen and oxygen atoms in total. The zero-order valence-corrected chi connectivity index (χ0v) is 11.8. The zero-order valence-electron chi connectivity index (χ0n) is 11.8. The zero-order chi connectivity index (χ0) is 15.2. The van der Waals surface area contributed by atoms with Crippen LogP contribution in [0.3, 0.4) is 0 Å². The number of hydrogen-bond donors (Lipinski definition) is 2. The topological polar surface area (TPSA) is 89.4 Å². The SMILES string of the molecule is NCC#Cc1cccc(C(=O)N2CCC(C(N)=O)CC2)c1. The van der Waals surface area contributed by atoms with Crippen LogP contribution < -0.4 is 11.5 Å². The van der Waals surface area contributed by atoms with Gasteiger partial charge in [0, 0.05) is 30.1 Å². The highest BCUT2D eigenvalue weighted by molar-refractivity contribution is 5.94. The Hall–Kier alpha value is -2.32. The van der Waals surface area contributed by atoms with Gasteiger partial charge in [-0.3, -0.25) is 9.59 Å². The number of primary amides is 1. The second-order valence-corrected chi connectivity index (χ2v) is 5.06. The minimum Gasteiger partial charge on any atom is -0.369 e. The fourth-order valence-electron chi connectivity index (χ4n) is 2.43. The molecule has 1 aliphatic rings. The summed E-state index contributed by atoms with van der Waals surface area (Å²) in [6.07, 6.45) is 1.27. The number of piperidine rings is 1. The standard InChI is InChI=1S/C16H19N3O2/c17-8-2-4-12-3-1-5-14(11-12)16(21)19-9-6-13(7-10-19)15(18)20/h1,3,5,11,13H,6-10,17H2,(H2,18,20). The molecule has 0 unspecified atom stereocenters. The first kappa shape index (κ1) is 15.1. The normalized spacial score (nSPS) is 15.2. The van der Waals surface area contributed by atoms with Crippen molar-refractivity contribution in [3.63, 3.8) is 0 Å². The molecule has 1 aromatic rings. The van der Waals surface area contributed by atoms with Crippen LogP contribution in [0, 0.1) is 17.8 Å². The van der Waals surface area contributed by atoms with Crippen molar-refractivity contribution in [2.24, 2.45) is 17.4 Å². The minimum absolute atomic E-state index is 0.0330. The Kier molecular flexibility index (Phi) is 4.96. The fraction of sp³-hybridized carbons (Fsp3) is 0.375. The van der Waals surface area contributed by atoms with E-state index in [1.807, 2.05) is 12.1 Å². The van der Waals surface area contributed by atoms with Crippen molar-refractivity contribution in [2.45, 2.75) is 12.8 Å². The van der Waals surface area contributed by atoms with Crippen molar-refractivity contribution in [1.82, 2.24) is 4.90 Å². The van der Waals surface area contributed by atoms with E-state index < -0.39 is 0 Å².